The lowest BCUT2D eigenvalue weighted by molar-refractivity contribution is -0.0353. The van der Waals surface area contributed by atoms with Gasteiger partial charge in [-0.1, -0.05) is 0 Å². The first-order valence-corrected chi connectivity index (χ1v) is 11.0. The molecule has 0 amide bonds. The van der Waals surface area contributed by atoms with Gasteiger partial charge in [0.1, 0.15) is 12.2 Å². The Bertz CT molecular complexity index is 901. The summed E-state index contributed by atoms with van der Waals surface area (Å²) in [7, 11) is 1.51. The minimum atomic E-state index is -1.27. The SMILES string of the molecule is C=P(C)(C)CCC1O[C@@H](n2cnc3c(=O)n(C)c(N)nc32)[C@H](O)[C@@H]1O. The summed E-state index contributed by atoms with van der Waals surface area (Å²) in [5.41, 5.74) is 5.73. The number of nitrogens with zero attached hydrogens (tertiary/aromatic N) is 4. The van der Waals surface area contributed by atoms with Crippen LogP contribution in [0.2, 0.25) is 0 Å². The number of hydrogen-bond acceptors (Lipinski definition) is 7. The highest BCUT2D eigenvalue weighted by Gasteiger charge is 2.44. The van der Waals surface area contributed by atoms with Crippen LogP contribution in [0.5, 0.6) is 0 Å². The molecule has 1 aliphatic heterocycles. The summed E-state index contributed by atoms with van der Waals surface area (Å²) in [5, 5.41) is 20.7. The van der Waals surface area contributed by atoms with Crippen LogP contribution in [0.4, 0.5) is 5.95 Å². The second kappa shape index (κ2) is 6.25. The number of anilines is 1. The summed E-state index contributed by atoms with van der Waals surface area (Å²) in [6.45, 7) is 2.94. The van der Waals surface area contributed by atoms with E-state index in [4.69, 9.17) is 10.5 Å². The predicted molar refractivity (Wildman–Crippen MR) is 98.5 cm³/mol. The summed E-state index contributed by atoms with van der Waals surface area (Å²) < 4.78 is 8.51. The van der Waals surface area contributed by atoms with Crippen molar-refractivity contribution < 1.29 is 14.9 Å². The highest BCUT2D eigenvalue weighted by atomic mass is 31.2. The van der Waals surface area contributed by atoms with Crippen molar-refractivity contribution in [2.24, 2.45) is 7.05 Å². The summed E-state index contributed by atoms with van der Waals surface area (Å²) in [5.74, 6) is 0.0347. The number of ether oxygens (including phenoxy) is 1. The molecule has 0 bridgehead atoms. The number of aliphatic hydroxyl groups is 2. The molecule has 9 nitrogen and oxygen atoms in total. The Morgan fingerprint density at radius 3 is 2.72 bits per heavy atom. The molecule has 25 heavy (non-hydrogen) atoms. The molecule has 0 aromatic carbocycles. The molecule has 2 aromatic rings. The topological polar surface area (TPSA) is 128 Å². The van der Waals surface area contributed by atoms with E-state index < -0.39 is 31.4 Å². The molecule has 1 saturated heterocycles. The number of aromatic nitrogens is 4. The number of aliphatic hydroxyl groups excluding tert-OH is 2. The average molecular weight is 369 g/mol. The molecule has 1 unspecified atom stereocenters. The average Bonchev–Trinajstić information content (AvgIpc) is 3.05. The normalized spacial score (nSPS) is 27.2. The van der Waals surface area contributed by atoms with E-state index in [2.05, 4.69) is 29.6 Å². The molecule has 138 valence electrons. The van der Waals surface area contributed by atoms with Crippen LogP contribution in [0, 0.1) is 0 Å². The van der Waals surface area contributed by atoms with E-state index in [9.17, 15) is 15.0 Å². The van der Waals surface area contributed by atoms with Crippen LogP contribution in [0.25, 0.3) is 11.2 Å². The Kier molecular flexibility index (Phi) is 4.53. The number of imidazole rings is 1. The molecular weight excluding hydrogens is 345 g/mol. The van der Waals surface area contributed by atoms with Gasteiger partial charge in [0.15, 0.2) is 17.4 Å². The van der Waals surface area contributed by atoms with Crippen molar-refractivity contribution in [2.75, 3.05) is 25.2 Å². The number of hydrogen-bond donors (Lipinski definition) is 3. The van der Waals surface area contributed by atoms with E-state index in [1.54, 1.807) is 0 Å². The van der Waals surface area contributed by atoms with E-state index in [0.29, 0.717) is 6.42 Å². The minimum absolute atomic E-state index is 0.0347. The van der Waals surface area contributed by atoms with Crippen molar-refractivity contribution in [2.45, 2.75) is 31.0 Å². The molecule has 0 radical (unpaired) electrons. The van der Waals surface area contributed by atoms with Gasteiger partial charge in [0.25, 0.3) is 5.56 Å². The Balaban J connectivity index is 1.93. The second-order valence-corrected chi connectivity index (χ2v) is 11.5. The molecule has 0 aliphatic carbocycles. The lowest BCUT2D eigenvalue weighted by atomic mass is 10.1. The van der Waals surface area contributed by atoms with E-state index >= 15 is 0 Å². The third kappa shape index (κ3) is 3.25. The quantitative estimate of drug-likeness (QED) is 0.616. The molecule has 1 aliphatic rings. The van der Waals surface area contributed by atoms with E-state index in [1.807, 2.05) is 0 Å². The third-order valence-corrected chi connectivity index (χ3v) is 5.94. The number of nitrogens with two attached hydrogens (primary N) is 1. The monoisotopic (exact) mass is 369 g/mol. The molecule has 4 atom stereocenters. The Morgan fingerprint density at radius 1 is 1.40 bits per heavy atom. The lowest BCUT2D eigenvalue weighted by Gasteiger charge is -2.18. The first-order chi connectivity index (χ1) is 11.6. The van der Waals surface area contributed by atoms with E-state index in [-0.39, 0.29) is 22.7 Å². The first-order valence-electron chi connectivity index (χ1n) is 7.98. The Hall–Kier alpha value is -1.67. The summed E-state index contributed by atoms with van der Waals surface area (Å²) >= 11 is 0. The van der Waals surface area contributed by atoms with E-state index in [1.165, 1.54) is 22.5 Å². The van der Waals surface area contributed by atoms with Gasteiger partial charge in [0, 0.05) is 7.05 Å². The number of nitrogen functional groups attached to an aromatic ring is 1. The zero-order chi connectivity index (χ0) is 18.5. The fraction of sp³-hybridized carbons (Fsp3) is 0.600. The van der Waals surface area contributed by atoms with Gasteiger partial charge in [-0.2, -0.15) is 4.98 Å². The predicted octanol–water partition coefficient (Wildman–Crippen LogP) is -0.569. The van der Waals surface area contributed by atoms with Gasteiger partial charge in [-0.25, -0.2) is 4.98 Å². The van der Waals surface area contributed by atoms with Crippen LogP contribution in [0.1, 0.15) is 12.6 Å². The van der Waals surface area contributed by atoms with Gasteiger partial charge >= 0.3 is 0 Å². The summed E-state index contributed by atoms with van der Waals surface area (Å²) in [4.78, 5) is 20.5. The third-order valence-electron chi connectivity index (χ3n) is 4.47. The van der Waals surface area contributed by atoms with Crippen LogP contribution >= 0.6 is 6.89 Å². The van der Waals surface area contributed by atoms with Crippen molar-refractivity contribution >= 4 is 30.3 Å². The second-order valence-electron chi connectivity index (χ2n) is 7.15. The van der Waals surface area contributed by atoms with Gasteiger partial charge < -0.3 is 20.7 Å². The van der Waals surface area contributed by atoms with Gasteiger partial charge in [-0.05, 0) is 25.9 Å². The smallest absolute Gasteiger partial charge is 0.282 e. The van der Waals surface area contributed by atoms with E-state index in [0.717, 1.165) is 6.16 Å². The first kappa shape index (κ1) is 18.1. The largest absolute Gasteiger partial charge is 0.388 e. The molecule has 0 saturated carbocycles. The molecule has 10 heteroatoms. The number of fused-ring (bicyclic) bond motifs is 1. The van der Waals surface area contributed by atoms with Gasteiger partial charge in [0.05, 0.1) is 12.4 Å². The van der Waals surface area contributed by atoms with Gasteiger partial charge in [-0.3, -0.25) is 13.9 Å². The summed E-state index contributed by atoms with van der Waals surface area (Å²) in [6.07, 6.45) is 3.39. The molecule has 3 heterocycles. The highest BCUT2D eigenvalue weighted by Crippen LogP contribution is 2.39. The maximum atomic E-state index is 12.2. The fourth-order valence-corrected chi connectivity index (χ4v) is 3.88. The molecule has 0 spiro atoms. The van der Waals surface area contributed by atoms with Crippen molar-refractivity contribution in [3.63, 3.8) is 0 Å². The van der Waals surface area contributed by atoms with Crippen LogP contribution in [0.15, 0.2) is 11.1 Å². The van der Waals surface area contributed by atoms with Gasteiger partial charge in [0.2, 0.25) is 5.95 Å². The van der Waals surface area contributed by atoms with Crippen molar-refractivity contribution in [3.8, 4) is 0 Å². The lowest BCUT2D eigenvalue weighted by Crippen LogP contribution is -2.32. The number of rotatable bonds is 4. The fourth-order valence-electron chi connectivity index (χ4n) is 2.92. The van der Waals surface area contributed by atoms with Crippen LogP contribution in [-0.2, 0) is 11.8 Å². The molecular formula is C15H24N5O4P. The van der Waals surface area contributed by atoms with Crippen molar-refractivity contribution in [1.82, 2.24) is 19.1 Å². The van der Waals surface area contributed by atoms with Crippen molar-refractivity contribution in [1.29, 1.82) is 0 Å². The molecule has 2 aromatic heterocycles. The highest BCUT2D eigenvalue weighted by molar-refractivity contribution is 7.72. The maximum Gasteiger partial charge on any atom is 0.282 e. The zero-order valence-corrected chi connectivity index (χ0v) is 15.4. The Morgan fingerprint density at radius 2 is 2.08 bits per heavy atom. The Labute approximate surface area is 145 Å². The van der Waals surface area contributed by atoms with Crippen molar-refractivity contribution in [3.05, 3.63) is 16.7 Å². The van der Waals surface area contributed by atoms with Crippen LogP contribution < -0.4 is 11.3 Å². The van der Waals surface area contributed by atoms with Gasteiger partial charge in [-0.15, -0.1) is 13.2 Å². The standard InChI is InChI=1S/C15H24N5O4P/c1-19-13(23)9-12(18-15(19)16)20(7-17-9)14-11(22)10(21)8(24-14)5-6-25(2,3)4/h7-8,10-11,14,21-22H,2,5-6H2,1,3-4H3,(H2,16,18)/t8?,10-,11-,14-/m1/s1. The molecule has 3 rings (SSSR count). The minimum Gasteiger partial charge on any atom is -0.388 e. The zero-order valence-electron chi connectivity index (χ0n) is 14.5. The maximum absolute atomic E-state index is 12.2. The summed E-state index contributed by atoms with van der Waals surface area (Å²) in [6, 6.07) is 0. The van der Waals surface area contributed by atoms with Crippen LogP contribution in [-0.4, -0.2) is 73.4 Å². The molecule has 4 N–H and O–H groups in total. The van der Waals surface area contributed by atoms with Crippen LogP contribution in [0.3, 0.4) is 0 Å². The molecule has 1 fully saturated rings.